The first-order valence-electron chi connectivity index (χ1n) is 10.9. The van der Waals surface area contributed by atoms with Gasteiger partial charge in [0.05, 0.1) is 5.03 Å². The molecule has 0 spiro atoms. The monoisotopic (exact) mass is 449 g/mol. The number of aromatic nitrogens is 2. The maximum absolute atomic E-state index is 12.3. The third kappa shape index (κ3) is 5.47. The number of nitrogens with zero attached hydrogens (tertiary/aromatic N) is 3. The molecular formula is C25H27N3O3S. The van der Waals surface area contributed by atoms with Crippen LogP contribution in [0, 0.1) is 0 Å². The lowest BCUT2D eigenvalue weighted by Crippen LogP contribution is -2.38. The van der Waals surface area contributed by atoms with Crippen LogP contribution in [0.15, 0.2) is 77.8 Å². The van der Waals surface area contributed by atoms with Crippen LogP contribution in [0.5, 0.6) is 0 Å². The number of carbonyl (C=O) groups is 2. The smallest absolute Gasteiger partial charge is 0.220 e. The maximum atomic E-state index is 12.3. The fourth-order valence-electron chi connectivity index (χ4n) is 3.90. The Morgan fingerprint density at radius 2 is 2.03 bits per heavy atom. The summed E-state index contributed by atoms with van der Waals surface area (Å²) in [4.78, 5) is 29.8. The lowest BCUT2D eigenvalue weighted by molar-refractivity contribution is -0.132. The van der Waals surface area contributed by atoms with Crippen LogP contribution in [0.25, 0.3) is 5.65 Å². The van der Waals surface area contributed by atoms with Gasteiger partial charge in [0.2, 0.25) is 5.78 Å². The number of pyridine rings is 1. The molecule has 3 aromatic rings. The van der Waals surface area contributed by atoms with Gasteiger partial charge in [0.1, 0.15) is 24.2 Å². The van der Waals surface area contributed by atoms with E-state index in [1.54, 1.807) is 11.8 Å². The van der Waals surface area contributed by atoms with Crippen LogP contribution < -0.4 is 0 Å². The molecule has 1 fully saturated rings. The molecule has 166 valence electrons. The van der Waals surface area contributed by atoms with Gasteiger partial charge in [-0.05, 0) is 55.2 Å². The Balaban J connectivity index is 1.26. The second-order valence-corrected chi connectivity index (χ2v) is 8.83. The highest BCUT2D eigenvalue weighted by Crippen LogP contribution is 2.24. The number of hydrogen-bond donors (Lipinski definition) is 0. The van der Waals surface area contributed by atoms with E-state index >= 15 is 0 Å². The maximum Gasteiger partial charge on any atom is 0.220 e. The number of fused-ring (bicyclic) bond motifs is 1. The first-order chi connectivity index (χ1) is 15.8. The number of imidazole rings is 1. The van der Waals surface area contributed by atoms with Gasteiger partial charge in [-0.3, -0.25) is 18.9 Å². The predicted octanol–water partition coefficient (Wildman–Crippen LogP) is 4.15. The van der Waals surface area contributed by atoms with Crippen molar-refractivity contribution in [3.63, 3.8) is 0 Å². The third-order valence-electron chi connectivity index (χ3n) is 5.52. The second kappa shape index (κ2) is 11.1. The molecule has 7 heteroatoms. The van der Waals surface area contributed by atoms with Crippen molar-refractivity contribution < 1.29 is 14.3 Å². The molecule has 1 saturated heterocycles. The Bertz CT molecular complexity index is 1080. The van der Waals surface area contributed by atoms with Crippen molar-refractivity contribution in [3.05, 3.63) is 78.3 Å². The lowest BCUT2D eigenvalue weighted by Gasteiger charge is -2.18. The Labute approximate surface area is 192 Å². The van der Waals surface area contributed by atoms with Crippen molar-refractivity contribution in [1.29, 1.82) is 0 Å². The van der Waals surface area contributed by atoms with E-state index in [0.717, 1.165) is 43.6 Å². The van der Waals surface area contributed by atoms with Gasteiger partial charge in [-0.1, -0.05) is 36.4 Å². The minimum atomic E-state index is -0.587. The van der Waals surface area contributed by atoms with E-state index in [2.05, 4.69) is 27.6 Å². The number of ether oxygens (including phenoxy) is 1. The average Bonchev–Trinajstić information content (AvgIpc) is 3.46. The van der Waals surface area contributed by atoms with Gasteiger partial charge < -0.3 is 4.74 Å². The van der Waals surface area contributed by atoms with E-state index < -0.39 is 11.8 Å². The van der Waals surface area contributed by atoms with E-state index in [9.17, 15) is 9.59 Å². The molecule has 2 aromatic heterocycles. The number of benzene rings is 1. The molecular weight excluding hydrogens is 422 g/mol. The molecule has 4 rings (SSSR count). The number of unbranched alkanes of at least 4 members (excludes halogenated alkanes) is 1. The lowest BCUT2D eigenvalue weighted by atomic mass is 10.1. The zero-order chi connectivity index (χ0) is 22.2. The minimum Gasteiger partial charge on any atom is -0.481 e. The highest BCUT2D eigenvalue weighted by Gasteiger charge is 2.35. The Morgan fingerprint density at radius 1 is 1.16 bits per heavy atom. The molecule has 0 aliphatic carbocycles. The second-order valence-electron chi connectivity index (χ2n) is 7.71. The third-order valence-corrected chi connectivity index (χ3v) is 6.64. The number of allylic oxidation sites excluding steroid dienone is 1. The summed E-state index contributed by atoms with van der Waals surface area (Å²) in [5.74, 6) is 1.15. The van der Waals surface area contributed by atoms with E-state index in [-0.39, 0.29) is 0 Å². The molecule has 3 heterocycles. The normalized spacial score (nSPS) is 17.6. The largest absolute Gasteiger partial charge is 0.481 e. The SMILES string of the molecule is O=CC(=O)C1C(=CCCc2ccccc2)OCN1CCCCSc1cccc2nccn12. The number of hydrogen-bond acceptors (Lipinski definition) is 6. The van der Waals surface area contributed by atoms with Crippen LogP contribution in [0.1, 0.15) is 24.8 Å². The molecule has 1 unspecified atom stereocenters. The van der Waals surface area contributed by atoms with Crippen LogP contribution >= 0.6 is 11.8 Å². The summed E-state index contributed by atoms with van der Waals surface area (Å²) in [6.07, 6.45) is 9.72. The molecule has 6 nitrogen and oxygen atoms in total. The molecule has 1 aliphatic rings. The van der Waals surface area contributed by atoms with Gasteiger partial charge in [0.25, 0.3) is 0 Å². The van der Waals surface area contributed by atoms with Crippen molar-refractivity contribution >= 4 is 29.5 Å². The summed E-state index contributed by atoms with van der Waals surface area (Å²) in [7, 11) is 0. The molecule has 1 atom stereocenters. The van der Waals surface area contributed by atoms with Crippen LogP contribution in [0.3, 0.4) is 0 Å². The summed E-state index contributed by atoms with van der Waals surface area (Å²) >= 11 is 1.80. The zero-order valence-corrected chi connectivity index (χ0v) is 18.7. The van der Waals surface area contributed by atoms with Gasteiger partial charge >= 0.3 is 0 Å². The average molecular weight is 450 g/mol. The molecule has 1 aliphatic heterocycles. The Morgan fingerprint density at radius 3 is 2.88 bits per heavy atom. The van der Waals surface area contributed by atoms with Crippen molar-refractivity contribution in [3.8, 4) is 0 Å². The summed E-state index contributed by atoms with van der Waals surface area (Å²) in [5, 5.41) is 1.17. The van der Waals surface area contributed by atoms with E-state index in [1.807, 2.05) is 53.7 Å². The van der Waals surface area contributed by atoms with Crippen molar-refractivity contribution in [2.24, 2.45) is 0 Å². The first kappa shape index (κ1) is 22.3. The topological polar surface area (TPSA) is 63.9 Å². The van der Waals surface area contributed by atoms with Crippen molar-refractivity contribution in [1.82, 2.24) is 14.3 Å². The number of Topliss-reactive ketones (excluding diaryl/α,β-unsaturated/α-hetero) is 1. The molecule has 0 bridgehead atoms. The van der Waals surface area contributed by atoms with Crippen LogP contribution in [-0.4, -0.2) is 51.4 Å². The van der Waals surface area contributed by atoms with Crippen molar-refractivity contribution in [2.75, 3.05) is 19.0 Å². The molecule has 32 heavy (non-hydrogen) atoms. The summed E-state index contributed by atoms with van der Waals surface area (Å²) in [6.45, 7) is 1.07. The molecule has 1 aromatic carbocycles. The fraction of sp³-hybridized carbons (Fsp3) is 0.320. The van der Waals surface area contributed by atoms with Gasteiger partial charge in [0.15, 0.2) is 6.29 Å². The highest BCUT2D eigenvalue weighted by atomic mass is 32.2. The number of ketones is 1. The van der Waals surface area contributed by atoms with Crippen molar-refractivity contribution in [2.45, 2.75) is 36.8 Å². The Kier molecular flexibility index (Phi) is 7.74. The van der Waals surface area contributed by atoms with Crippen LogP contribution in [0.4, 0.5) is 0 Å². The predicted molar refractivity (Wildman–Crippen MR) is 126 cm³/mol. The van der Waals surface area contributed by atoms with Crippen LogP contribution in [-0.2, 0) is 20.7 Å². The summed E-state index contributed by atoms with van der Waals surface area (Å²) < 4.78 is 7.88. The standard InChI is InChI=1S/C25H27N3O3S/c29-18-21(30)25-22(11-6-10-20-8-2-1-3-9-20)31-19-27(25)15-4-5-17-32-24-13-7-12-23-26-14-16-28(23)24/h1-3,7-9,11-14,16,18,25H,4-6,10,15,17,19H2. The van der Waals surface area contributed by atoms with E-state index in [1.165, 1.54) is 10.6 Å². The summed E-state index contributed by atoms with van der Waals surface area (Å²) in [6, 6.07) is 15.7. The number of carbonyl (C=O) groups excluding carboxylic acids is 2. The molecule has 0 N–H and O–H groups in total. The number of aldehydes is 1. The number of rotatable bonds is 11. The molecule has 0 amide bonds. The number of thioether (sulfide) groups is 1. The van der Waals surface area contributed by atoms with Gasteiger partial charge in [-0.2, -0.15) is 0 Å². The zero-order valence-electron chi connectivity index (χ0n) is 17.9. The minimum absolute atomic E-state index is 0.350. The quantitative estimate of drug-likeness (QED) is 0.190. The van der Waals surface area contributed by atoms with Gasteiger partial charge in [0, 0.05) is 18.9 Å². The molecule has 0 radical (unpaired) electrons. The first-order valence-corrected chi connectivity index (χ1v) is 11.9. The molecule has 0 saturated carbocycles. The Hall–Kier alpha value is -2.90. The fourth-order valence-corrected chi connectivity index (χ4v) is 4.92. The van der Waals surface area contributed by atoms with E-state index in [4.69, 9.17) is 4.74 Å². The number of aryl methyl sites for hydroxylation is 1. The highest BCUT2D eigenvalue weighted by molar-refractivity contribution is 7.99. The van der Waals surface area contributed by atoms with Gasteiger partial charge in [-0.15, -0.1) is 11.8 Å². The van der Waals surface area contributed by atoms with Gasteiger partial charge in [-0.25, -0.2) is 4.98 Å². The van der Waals surface area contributed by atoms with E-state index in [0.29, 0.717) is 18.8 Å². The van der Waals surface area contributed by atoms with Crippen LogP contribution in [0.2, 0.25) is 0 Å². The summed E-state index contributed by atoms with van der Waals surface area (Å²) in [5.41, 5.74) is 2.19.